The van der Waals surface area contributed by atoms with Crippen molar-refractivity contribution in [3.05, 3.63) is 47.0 Å². The minimum absolute atomic E-state index is 0.327. The molecule has 0 amide bonds. The summed E-state index contributed by atoms with van der Waals surface area (Å²) in [5.41, 5.74) is 6.52. The molecule has 0 aliphatic rings. The van der Waals surface area contributed by atoms with E-state index in [2.05, 4.69) is 0 Å². The summed E-state index contributed by atoms with van der Waals surface area (Å²) in [6.45, 7) is 0.327. The van der Waals surface area contributed by atoms with Crippen molar-refractivity contribution in [1.29, 1.82) is 0 Å². The van der Waals surface area contributed by atoms with Crippen LogP contribution >= 0.6 is 11.6 Å². The van der Waals surface area contributed by atoms with Gasteiger partial charge in [-0.25, -0.2) is 0 Å². The van der Waals surface area contributed by atoms with Crippen molar-refractivity contribution in [3.63, 3.8) is 0 Å². The lowest BCUT2D eigenvalue weighted by Gasteiger charge is -2.15. The summed E-state index contributed by atoms with van der Waals surface area (Å²) >= 11 is 5.96. The van der Waals surface area contributed by atoms with Gasteiger partial charge in [0.1, 0.15) is 5.75 Å². The molecule has 0 spiro atoms. The molecule has 0 atom stereocenters. The van der Waals surface area contributed by atoms with Gasteiger partial charge in [-0.15, -0.1) is 0 Å². The molecule has 0 bridgehead atoms. The standard InChI is InChI=1S/C15H16ClNO3/c1-18-13-4-3-5-14(19-2)15(13)20-12-7-6-11(16)8-10(12)9-17/h3-8H,9,17H2,1-2H3. The van der Waals surface area contributed by atoms with Crippen molar-refractivity contribution < 1.29 is 14.2 Å². The normalized spacial score (nSPS) is 10.2. The highest BCUT2D eigenvalue weighted by atomic mass is 35.5. The fourth-order valence-corrected chi connectivity index (χ4v) is 2.03. The van der Waals surface area contributed by atoms with Crippen LogP contribution in [0.25, 0.3) is 0 Å². The topological polar surface area (TPSA) is 53.7 Å². The van der Waals surface area contributed by atoms with Crippen LogP contribution in [0.1, 0.15) is 5.56 Å². The van der Waals surface area contributed by atoms with Crippen LogP contribution in [0.2, 0.25) is 5.02 Å². The van der Waals surface area contributed by atoms with Crippen molar-refractivity contribution >= 4 is 11.6 Å². The maximum absolute atomic E-state index is 5.96. The van der Waals surface area contributed by atoms with Crippen LogP contribution < -0.4 is 19.9 Å². The van der Waals surface area contributed by atoms with Crippen molar-refractivity contribution in [2.75, 3.05) is 14.2 Å². The zero-order chi connectivity index (χ0) is 14.5. The first-order valence-electron chi connectivity index (χ1n) is 6.07. The van der Waals surface area contributed by atoms with Gasteiger partial charge in [0.15, 0.2) is 11.5 Å². The third-order valence-electron chi connectivity index (χ3n) is 2.84. The highest BCUT2D eigenvalue weighted by Gasteiger charge is 2.14. The van der Waals surface area contributed by atoms with Crippen LogP contribution in [0.3, 0.4) is 0 Å². The molecule has 2 aromatic carbocycles. The first-order chi connectivity index (χ1) is 9.69. The second-order valence-corrected chi connectivity index (χ2v) is 4.49. The molecule has 0 radical (unpaired) electrons. The molecule has 106 valence electrons. The molecule has 5 heteroatoms. The Bertz CT molecular complexity index is 579. The number of ether oxygens (including phenoxy) is 3. The number of hydrogen-bond acceptors (Lipinski definition) is 4. The second-order valence-electron chi connectivity index (χ2n) is 4.05. The lowest BCUT2D eigenvalue weighted by atomic mass is 10.2. The third kappa shape index (κ3) is 2.98. The first-order valence-corrected chi connectivity index (χ1v) is 6.44. The lowest BCUT2D eigenvalue weighted by Crippen LogP contribution is -2.01. The number of benzene rings is 2. The molecule has 0 aliphatic heterocycles. The molecule has 0 unspecified atom stereocenters. The molecule has 0 aliphatic carbocycles. The van der Waals surface area contributed by atoms with Gasteiger partial charge in [0, 0.05) is 17.1 Å². The maximum Gasteiger partial charge on any atom is 0.211 e. The van der Waals surface area contributed by atoms with E-state index in [1.54, 1.807) is 44.6 Å². The minimum atomic E-state index is 0.327. The predicted octanol–water partition coefficient (Wildman–Crippen LogP) is 3.61. The number of halogens is 1. The van der Waals surface area contributed by atoms with Gasteiger partial charge in [-0.1, -0.05) is 17.7 Å². The van der Waals surface area contributed by atoms with E-state index in [-0.39, 0.29) is 0 Å². The van der Waals surface area contributed by atoms with Gasteiger partial charge in [0.05, 0.1) is 14.2 Å². The maximum atomic E-state index is 5.96. The van der Waals surface area contributed by atoms with Crippen LogP contribution in [0.4, 0.5) is 0 Å². The second kappa shape index (κ2) is 6.50. The zero-order valence-corrected chi connectivity index (χ0v) is 12.1. The quantitative estimate of drug-likeness (QED) is 0.915. The molecule has 2 N–H and O–H groups in total. The number of hydrogen-bond donors (Lipinski definition) is 1. The predicted molar refractivity (Wildman–Crippen MR) is 79.0 cm³/mol. The Morgan fingerprint density at radius 3 is 2.20 bits per heavy atom. The van der Waals surface area contributed by atoms with Crippen molar-refractivity contribution in [2.24, 2.45) is 5.73 Å². The summed E-state index contributed by atoms with van der Waals surface area (Å²) in [4.78, 5) is 0. The molecule has 0 saturated carbocycles. The van der Waals surface area contributed by atoms with E-state index in [0.29, 0.717) is 34.6 Å². The fourth-order valence-electron chi connectivity index (χ4n) is 1.83. The van der Waals surface area contributed by atoms with Crippen LogP contribution in [-0.2, 0) is 6.54 Å². The van der Waals surface area contributed by atoms with Gasteiger partial charge in [-0.3, -0.25) is 0 Å². The lowest BCUT2D eigenvalue weighted by molar-refractivity contribution is 0.345. The summed E-state index contributed by atoms with van der Waals surface area (Å²) in [7, 11) is 3.15. The van der Waals surface area contributed by atoms with Gasteiger partial charge < -0.3 is 19.9 Å². The van der Waals surface area contributed by atoms with E-state index < -0.39 is 0 Å². The van der Waals surface area contributed by atoms with Gasteiger partial charge in [-0.05, 0) is 30.3 Å². The molecular formula is C15H16ClNO3. The fraction of sp³-hybridized carbons (Fsp3) is 0.200. The molecule has 4 nitrogen and oxygen atoms in total. The summed E-state index contributed by atoms with van der Waals surface area (Å²) in [5.74, 6) is 2.30. The first kappa shape index (κ1) is 14.5. The molecule has 0 heterocycles. The summed E-state index contributed by atoms with van der Waals surface area (Å²) in [5, 5.41) is 0.616. The van der Waals surface area contributed by atoms with Crippen LogP contribution in [0.5, 0.6) is 23.0 Å². The number of methoxy groups -OCH3 is 2. The van der Waals surface area contributed by atoms with E-state index in [1.165, 1.54) is 0 Å². The number of para-hydroxylation sites is 1. The van der Waals surface area contributed by atoms with Crippen molar-refractivity contribution in [1.82, 2.24) is 0 Å². The number of rotatable bonds is 5. The SMILES string of the molecule is COc1cccc(OC)c1Oc1ccc(Cl)cc1CN. The highest BCUT2D eigenvalue weighted by molar-refractivity contribution is 6.30. The van der Waals surface area contributed by atoms with E-state index in [4.69, 9.17) is 31.5 Å². The van der Waals surface area contributed by atoms with E-state index >= 15 is 0 Å². The summed E-state index contributed by atoms with van der Waals surface area (Å²) < 4.78 is 16.5. The largest absolute Gasteiger partial charge is 0.493 e. The minimum Gasteiger partial charge on any atom is -0.493 e. The Labute approximate surface area is 123 Å². The molecule has 2 rings (SSSR count). The van der Waals surface area contributed by atoms with Crippen LogP contribution in [0, 0.1) is 0 Å². The van der Waals surface area contributed by atoms with E-state index in [1.807, 2.05) is 6.07 Å². The Kier molecular flexibility index (Phi) is 4.71. The van der Waals surface area contributed by atoms with Gasteiger partial charge in [0.25, 0.3) is 0 Å². The molecule has 0 fully saturated rings. The highest BCUT2D eigenvalue weighted by Crippen LogP contribution is 2.41. The van der Waals surface area contributed by atoms with Crippen molar-refractivity contribution in [2.45, 2.75) is 6.54 Å². The zero-order valence-electron chi connectivity index (χ0n) is 11.4. The van der Waals surface area contributed by atoms with Crippen LogP contribution in [0.15, 0.2) is 36.4 Å². The van der Waals surface area contributed by atoms with Gasteiger partial charge in [-0.2, -0.15) is 0 Å². The molecule has 2 aromatic rings. The Morgan fingerprint density at radius 1 is 1.00 bits per heavy atom. The van der Waals surface area contributed by atoms with Crippen molar-refractivity contribution in [3.8, 4) is 23.0 Å². The molecule has 20 heavy (non-hydrogen) atoms. The molecular weight excluding hydrogens is 278 g/mol. The van der Waals surface area contributed by atoms with Gasteiger partial charge in [0.2, 0.25) is 5.75 Å². The summed E-state index contributed by atoms with van der Waals surface area (Å²) in [6.07, 6.45) is 0. The Balaban J connectivity index is 2.44. The van der Waals surface area contributed by atoms with Gasteiger partial charge >= 0.3 is 0 Å². The van der Waals surface area contributed by atoms with Crippen LogP contribution in [-0.4, -0.2) is 14.2 Å². The average Bonchev–Trinajstić information content (AvgIpc) is 2.49. The summed E-state index contributed by atoms with van der Waals surface area (Å²) in [6, 6.07) is 10.7. The average molecular weight is 294 g/mol. The monoisotopic (exact) mass is 293 g/mol. The molecule has 0 saturated heterocycles. The Morgan fingerprint density at radius 2 is 1.65 bits per heavy atom. The molecule has 0 aromatic heterocycles. The Hall–Kier alpha value is -1.91. The smallest absolute Gasteiger partial charge is 0.211 e. The number of nitrogens with two attached hydrogens (primary N) is 1. The van der Waals surface area contributed by atoms with E-state index in [9.17, 15) is 0 Å². The van der Waals surface area contributed by atoms with E-state index in [0.717, 1.165) is 5.56 Å². The third-order valence-corrected chi connectivity index (χ3v) is 3.07.